The Kier molecular flexibility index (Phi) is 12.9. The van der Waals surface area contributed by atoms with Gasteiger partial charge in [-0.1, -0.05) is 51.4 Å². The van der Waals surface area contributed by atoms with Crippen LogP contribution in [-0.2, 0) is 6.42 Å². The van der Waals surface area contributed by atoms with E-state index < -0.39 is 6.09 Å². The molecular weight excluding hydrogens is 346 g/mol. The number of hydrogen-bond donors (Lipinski definition) is 3. The molecular formula is C21H35NO3S. The van der Waals surface area contributed by atoms with Gasteiger partial charge in [-0.05, 0) is 55.7 Å². The molecule has 4 nitrogen and oxygen atoms in total. The average Bonchev–Trinajstić information content (AvgIpc) is 2.62. The first-order valence-corrected chi connectivity index (χ1v) is 10.7. The van der Waals surface area contributed by atoms with E-state index >= 15 is 0 Å². The van der Waals surface area contributed by atoms with Crippen molar-refractivity contribution in [3.63, 3.8) is 0 Å². The molecule has 0 unspecified atom stereocenters. The molecule has 1 rings (SSSR count). The molecule has 0 bridgehead atoms. The van der Waals surface area contributed by atoms with Crippen molar-refractivity contribution in [1.29, 1.82) is 0 Å². The summed E-state index contributed by atoms with van der Waals surface area (Å²) in [6.45, 7) is 2.37. The zero-order valence-corrected chi connectivity index (χ0v) is 17.0. The molecule has 0 aliphatic heterocycles. The van der Waals surface area contributed by atoms with Gasteiger partial charge in [0.05, 0.1) is 0 Å². The summed E-state index contributed by atoms with van der Waals surface area (Å²) >= 11 is 4.23. The number of carbonyl (C=O) groups excluding carboxylic acids is 1. The van der Waals surface area contributed by atoms with E-state index in [1.54, 1.807) is 18.2 Å². The highest BCUT2D eigenvalue weighted by atomic mass is 32.1. The fraction of sp³-hybridized carbons (Fsp3) is 0.667. The molecule has 0 spiro atoms. The van der Waals surface area contributed by atoms with Crippen LogP contribution >= 0.6 is 12.6 Å². The maximum atomic E-state index is 11.5. The average molecular weight is 382 g/mol. The molecule has 0 saturated carbocycles. The monoisotopic (exact) mass is 381 g/mol. The number of thiol groups is 1. The van der Waals surface area contributed by atoms with Gasteiger partial charge in [-0.3, -0.25) is 0 Å². The van der Waals surface area contributed by atoms with E-state index in [9.17, 15) is 9.90 Å². The van der Waals surface area contributed by atoms with Crippen LogP contribution in [0.5, 0.6) is 11.5 Å². The Balaban J connectivity index is 2.15. The van der Waals surface area contributed by atoms with Crippen LogP contribution in [0.1, 0.15) is 76.7 Å². The predicted molar refractivity (Wildman–Crippen MR) is 112 cm³/mol. The number of unbranched alkanes of at least 4 members (excludes halogenated alkanes) is 9. The number of phenolic OH excluding ortho intramolecular Hbond substituents is 1. The van der Waals surface area contributed by atoms with Gasteiger partial charge in [0, 0.05) is 6.54 Å². The number of ether oxygens (including phenoxy) is 1. The number of amides is 1. The van der Waals surface area contributed by atoms with Crippen LogP contribution in [-0.4, -0.2) is 23.5 Å². The highest BCUT2D eigenvalue weighted by Crippen LogP contribution is 2.25. The fourth-order valence-corrected chi connectivity index (χ4v) is 3.18. The first kappa shape index (κ1) is 22.7. The van der Waals surface area contributed by atoms with E-state index in [0.29, 0.717) is 12.3 Å². The molecule has 1 aromatic rings. The minimum absolute atomic E-state index is 0.273. The maximum Gasteiger partial charge on any atom is 0.412 e. The van der Waals surface area contributed by atoms with Gasteiger partial charge in [0.25, 0.3) is 0 Å². The minimum atomic E-state index is -0.463. The van der Waals surface area contributed by atoms with Crippen molar-refractivity contribution < 1.29 is 14.6 Å². The van der Waals surface area contributed by atoms with Crippen molar-refractivity contribution >= 4 is 18.7 Å². The van der Waals surface area contributed by atoms with Crippen molar-refractivity contribution in [1.82, 2.24) is 5.32 Å². The van der Waals surface area contributed by atoms with E-state index in [1.165, 1.54) is 57.8 Å². The molecule has 1 aromatic carbocycles. The number of hydrogen-bond acceptors (Lipinski definition) is 4. The maximum absolute atomic E-state index is 11.5. The topological polar surface area (TPSA) is 58.6 Å². The Labute approximate surface area is 164 Å². The Bertz CT molecular complexity index is 508. The highest BCUT2D eigenvalue weighted by molar-refractivity contribution is 7.80. The summed E-state index contributed by atoms with van der Waals surface area (Å²) in [5, 5.41) is 12.6. The Morgan fingerprint density at radius 1 is 1.00 bits per heavy atom. The van der Waals surface area contributed by atoms with Gasteiger partial charge in [-0.15, -0.1) is 0 Å². The van der Waals surface area contributed by atoms with Gasteiger partial charge >= 0.3 is 6.09 Å². The SMILES string of the molecule is CCNC(=O)Oc1ccc(O)c(CCCCCCCCCCCCS)c1. The van der Waals surface area contributed by atoms with E-state index in [4.69, 9.17) is 4.74 Å². The number of benzene rings is 1. The normalized spacial score (nSPS) is 10.7. The third kappa shape index (κ3) is 10.6. The third-order valence-electron chi connectivity index (χ3n) is 4.44. The van der Waals surface area contributed by atoms with Gasteiger partial charge in [-0.25, -0.2) is 4.79 Å². The standard InChI is InChI=1S/C21H35NO3S/c1-2-22-21(24)25-19-14-15-20(23)18(17-19)13-11-9-7-5-3-4-6-8-10-12-16-26/h14-15,17,23,26H,2-13,16H2,1H3,(H,22,24). The molecule has 148 valence electrons. The number of phenols is 1. The second-order valence-electron chi connectivity index (χ2n) is 6.72. The van der Waals surface area contributed by atoms with Crippen molar-refractivity contribution in [3.05, 3.63) is 23.8 Å². The fourth-order valence-electron chi connectivity index (χ4n) is 2.95. The first-order valence-electron chi connectivity index (χ1n) is 10.1. The van der Waals surface area contributed by atoms with E-state index in [-0.39, 0.29) is 5.75 Å². The van der Waals surface area contributed by atoms with E-state index in [2.05, 4.69) is 17.9 Å². The molecule has 0 atom stereocenters. The lowest BCUT2D eigenvalue weighted by Crippen LogP contribution is -2.26. The van der Waals surface area contributed by atoms with Crippen LogP contribution in [0, 0.1) is 0 Å². The number of aromatic hydroxyl groups is 1. The quantitative estimate of drug-likeness (QED) is 0.279. The lowest BCUT2D eigenvalue weighted by atomic mass is 10.0. The molecule has 0 radical (unpaired) electrons. The number of carbonyl (C=O) groups is 1. The smallest absolute Gasteiger partial charge is 0.412 e. The molecule has 0 fully saturated rings. The predicted octanol–water partition coefficient (Wildman–Crippen LogP) is 5.87. The van der Waals surface area contributed by atoms with E-state index in [1.807, 2.05) is 6.92 Å². The molecule has 0 aliphatic carbocycles. The second kappa shape index (κ2) is 14.8. The molecule has 0 aromatic heterocycles. The number of rotatable bonds is 14. The van der Waals surface area contributed by atoms with Crippen LogP contribution in [0.2, 0.25) is 0 Å². The summed E-state index contributed by atoms with van der Waals surface area (Å²) in [5.41, 5.74) is 0.844. The summed E-state index contributed by atoms with van der Waals surface area (Å²) in [7, 11) is 0. The van der Waals surface area contributed by atoms with Crippen molar-refractivity contribution in [3.8, 4) is 11.5 Å². The highest BCUT2D eigenvalue weighted by Gasteiger charge is 2.07. The second-order valence-corrected chi connectivity index (χ2v) is 7.17. The van der Waals surface area contributed by atoms with Crippen molar-refractivity contribution in [2.24, 2.45) is 0 Å². The van der Waals surface area contributed by atoms with Crippen molar-refractivity contribution in [2.45, 2.75) is 77.6 Å². The molecule has 2 N–H and O–H groups in total. The Morgan fingerprint density at radius 3 is 2.15 bits per heavy atom. The Morgan fingerprint density at radius 2 is 1.58 bits per heavy atom. The summed E-state index contributed by atoms with van der Waals surface area (Å²) < 4.78 is 5.19. The van der Waals surface area contributed by atoms with Gasteiger partial charge in [0.1, 0.15) is 11.5 Å². The van der Waals surface area contributed by atoms with Gasteiger partial charge in [0.2, 0.25) is 0 Å². The molecule has 0 heterocycles. The van der Waals surface area contributed by atoms with Crippen molar-refractivity contribution in [2.75, 3.05) is 12.3 Å². The zero-order chi connectivity index (χ0) is 19.0. The Hall–Kier alpha value is -1.36. The summed E-state index contributed by atoms with van der Waals surface area (Å²) in [5.74, 6) is 1.76. The molecule has 0 aliphatic rings. The molecule has 5 heteroatoms. The summed E-state index contributed by atoms with van der Waals surface area (Å²) in [6, 6.07) is 4.97. The first-order chi connectivity index (χ1) is 12.7. The molecule has 1 amide bonds. The lowest BCUT2D eigenvalue weighted by molar-refractivity contribution is 0.201. The lowest BCUT2D eigenvalue weighted by Gasteiger charge is -2.09. The molecule has 26 heavy (non-hydrogen) atoms. The van der Waals surface area contributed by atoms with Gasteiger partial charge < -0.3 is 15.2 Å². The molecule has 0 saturated heterocycles. The van der Waals surface area contributed by atoms with Gasteiger partial charge in [-0.2, -0.15) is 12.6 Å². The van der Waals surface area contributed by atoms with E-state index in [0.717, 1.165) is 24.2 Å². The van der Waals surface area contributed by atoms with Crippen LogP contribution in [0.3, 0.4) is 0 Å². The van der Waals surface area contributed by atoms with Gasteiger partial charge in [0.15, 0.2) is 0 Å². The summed E-state index contributed by atoms with van der Waals surface area (Å²) in [4.78, 5) is 11.5. The zero-order valence-electron chi connectivity index (χ0n) is 16.1. The largest absolute Gasteiger partial charge is 0.508 e. The number of aryl methyl sites for hydroxylation is 1. The van der Waals surface area contributed by atoms with Crippen LogP contribution in [0.25, 0.3) is 0 Å². The van der Waals surface area contributed by atoms with Crippen LogP contribution in [0.15, 0.2) is 18.2 Å². The number of nitrogens with one attached hydrogen (secondary N) is 1. The third-order valence-corrected chi connectivity index (χ3v) is 4.75. The van der Waals surface area contributed by atoms with Crippen LogP contribution < -0.4 is 10.1 Å². The summed E-state index contributed by atoms with van der Waals surface area (Å²) in [6.07, 6.45) is 13.0. The van der Waals surface area contributed by atoms with Crippen LogP contribution in [0.4, 0.5) is 4.79 Å². The minimum Gasteiger partial charge on any atom is -0.508 e.